The van der Waals surface area contributed by atoms with Gasteiger partial charge in [-0.05, 0) is 60.5 Å². The van der Waals surface area contributed by atoms with E-state index in [9.17, 15) is 4.79 Å². The second-order valence-corrected chi connectivity index (χ2v) is 6.09. The summed E-state index contributed by atoms with van der Waals surface area (Å²) in [6, 6.07) is 19.1. The number of rotatable bonds is 3. The molecule has 0 bridgehead atoms. The molecule has 0 saturated carbocycles. The van der Waals surface area contributed by atoms with Crippen LogP contribution in [0.25, 0.3) is 28.7 Å². The molecule has 26 heavy (non-hydrogen) atoms. The zero-order chi connectivity index (χ0) is 17.9. The van der Waals surface area contributed by atoms with Crippen molar-refractivity contribution in [2.45, 2.75) is 6.92 Å². The molecule has 0 aliphatic heterocycles. The highest BCUT2D eigenvalue weighted by atomic mass is 16.1. The van der Waals surface area contributed by atoms with E-state index in [0.29, 0.717) is 16.7 Å². The van der Waals surface area contributed by atoms with Crippen molar-refractivity contribution in [2.75, 3.05) is 0 Å². The summed E-state index contributed by atoms with van der Waals surface area (Å²) < 4.78 is 1.65. The molecule has 4 nitrogen and oxygen atoms in total. The van der Waals surface area contributed by atoms with E-state index in [2.05, 4.69) is 4.98 Å². The van der Waals surface area contributed by atoms with Crippen LogP contribution in [-0.4, -0.2) is 14.5 Å². The molecule has 2 heterocycles. The number of para-hydroxylation sites is 1. The van der Waals surface area contributed by atoms with Crippen molar-refractivity contribution in [1.29, 1.82) is 0 Å². The number of aryl methyl sites for hydroxylation is 1. The molecule has 0 aliphatic rings. The standard InChI is InChI=1S/C22H17N3O/c1-16-6-4-8-18(14-16)25-21(12-11-17-7-5-13-23-15-17)24-20-10-3-2-9-19(20)22(25)26/h2-15H,1H3. The molecule has 2 aromatic heterocycles. The predicted octanol–water partition coefficient (Wildman–Crippen LogP) is 4.26. The molecule has 126 valence electrons. The second kappa shape index (κ2) is 6.76. The molecule has 0 fully saturated rings. The third-order valence-corrected chi connectivity index (χ3v) is 4.17. The van der Waals surface area contributed by atoms with Gasteiger partial charge < -0.3 is 0 Å². The van der Waals surface area contributed by atoms with Crippen LogP contribution < -0.4 is 5.56 Å². The van der Waals surface area contributed by atoms with Gasteiger partial charge in [-0.3, -0.25) is 14.3 Å². The fraction of sp³-hybridized carbons (Fsp3) is 0.0455. The van der Waals surface area contributed by atoms with Gasteiger partial charge in [0.15, 0.2) is 0 Å². The number of nitrogens with zero attached hydrogens (tertiary/aromatic N) is 3. The maximum atomic E-state index is 13.1. The molecule has 0 amide bonds. The Hall–Kier alpha value is -3.53. The van der Waals surface area contributed by atoms with Crippen LogP contribution in [0.15, 0.2) is 77.9 Å². The molecule has 0 radical (unpaired) electrons. The minimum atomic E-state index is -0.0768. The van der Waals surface area contributed by atoms with Crippen molar-refractivity contribution in [3.8, 4) is 5.69 Å². The number of hydrogen-bond acceptors (Lipinski definition) is 3. The summed E-state index contributed by atoms with van der Waals surface area (Å²) >= 11 is 0. The van der Waals surface area contributed by atoms with Crippen molar-refractivity contribution in [3.63, 3.8) is 0 Å². The van der Waals surface area contributed by atoms with E-state index >= 15 is 0 Å². The molecule has 4 heteroatoms. The summed E-state index contributed by atoms with van der Waals surface area (Å²) in [5.74, 6) is 0.586. The van der Waals surface area contributed by atoms with Crippen LogP contribution >= 0.6 is 0 Å². The minimum absolute atomic E-state index is 0.0768. The third-order valence-electron chi connectivity index (χ3n) is 4.17. The molecule has 0 aliphatic carbocycles. The Kier molecular flexibility index (Phi) is 4.15. The van der Waals surface area contributed by atoms with E-state index in [0.717, 1.165) is 16.8 Å². The molecule has 4 aromatic rings. The topological polar surface area (TPSA) is 47.8 Å². The summed E-state index contributed by atoms with van der Waals surface area (Å²) in [5.41, 5.74) is 3.45. The molecule has 4 rings (SSSR count). The van der Waals surface area contributed by atoms with E-state index < -0.39 is 0 Å². The number of fused-ring (bicyclic) bond motifs is 1. The molecule has 2 aromatic carbocycles. The Labute approximate surface area is 151 Å². The second-order valence-electron chi connectivity index (χ2n) is 6.09. The quantitative estimate of drug-likeness (QED) is 0.560. The molecular formula is C22H17N3O. The van der Waals surface area contributed by atoms with Gasteiger partial charge in [0.1, 0.15) is 5.82 Å². The van der Waals surface area contributed by atoms with Crippen LogP contribution in [0.1, 0.15) is 17.0 Å². The first-order valence-electron chi connectivity index (χ1n) is 8.39. The first kappa shape index (κ1) is 16.0. The fourth-order valence-electron chi connectivity index (χ4n) is 2.92. The zero-order valence-corrected chi connectivity index (χ0v) is 14.3. The first-order valence-corrected chi connectivity index (χ1v) is 8.39. The SMILES string of the molecule is Cc1cccc(-n2c(C=Cc3cccnc3)nc3ccccc3c2=O)c1. The average Bonchev–Trinajstić information content (AvgIpc) is 2.67. The summed E-state index contributed by atoms with van der Waals surface area (Å²) in [4.78, 5) is 22.0. The normalized spacial score (nSPS) is 11.3. The Balaban J connectivity index is 1.97. The third kappa shape index (κ3) is 3.05. The lowest BCUT2D eigenvalue weighted by molar-refractivity contribution is 0.942. The number of hydrogen-bond donors (Lipinski definition) is 0. The van der Waals surface area contributed by atoms with Gasteiger partial charge in [0.25, 0.3) is 5.56 Å². The predicted molar refractivity (Wildman–Crippen MR) is 105 cm³/mol. The van der Waals surface area contributed by atoms with Crippen LogP contribution in [0, 0.1) is 6.92 Å². The van der Waals surface area contributed by atoms with Crippen molar-refractivity contribution < 1.29 is 0 Å². The molecule has 0 spiro atoms. The van der Waals surface area contributed by atoms with Gasteiger partial charge in [0, 0.05) is 12.4 Å². The van der Waals surface area contributed by atoms with Crippen molar-refractivity contribution in [2.24, 2.45) is 0 Å². The van der Waals surface area contributed by atoms with Gasteiger partial charge in [-0.15, -0.1) is 0 Å². The van der Waals surface area contributed by atoms with Gasteiger partial charge in [-0.1, -0.05) is 30.3 Å². The average molecular weight is 339 g/mol. The summed E-state index contributed by atoms with van der Waals surface area (Å²) in [6.07, 6.45) is 7.27. The van der Waals surface area contributed by atoms with E-state index in [1.165, 1.54) is 0 Å². The summed E-state index contributed by atoms with van der Waals surface area (Å²) in [7, 11) is 0. The van der Waals surface area contributed by atoms with Crippen LogP contribution in [0.4, 0.5) is 0 Å². The van der Waals surface area contributed by atoms with Crippen molar-refractivity contribution in [1.82, 2.24) is 14.5 Å². The van der Waals surface area contributed by atoms with Gasteiger partial charge in [0.05, 0.1) is 16.6 Å². The number of benzene rings is 2. The fourth-order valence-corrected chi connectivity index (χ4v) is 2.92. The maximum Gasteiger partial charge on any atom is 0.266 e. The molecular weight excluding hydrogens is 322 g/mol. The number of pyridine rings is 1. The number of aromatic nitrogens is 3. The lowest BCUT2D eigenvalue weighted by Crippen LogP contribution is -2.22. The van der Waals surface area contributed by atoms with Crippen LogP contribution in [0.2, 0.25) is 0 Å². The molecule has 0 unspecified atom stereocenters. The molecule has 0 saturated heterocycles. The van der Waals surface area contributed by atoms with Crippen molar-refractivity contribution in [3.05, 3.63) is 100 Å². The zero-order valence-electron chi connectivity index (χ0n) is 14.3. The van der Waals surface area contributed by atoms with Crippen LogP contribution in [-0.2, 0) is 0 Å². The van der Waals surface area contributed by atoms with Crippen molar-refractivity contribution >= 4 is 23.1 Å². The Bertz CT molecular complexity index is 1160. The highest BCUT2D eigenvalue weighted by Crippen LogP contribution is 2.16. The largest absolute Gasteiger partial charge is 0.268 e. The lowest BCUT2D eigenvalue weighted by Gasteiger charge is -2.12. The summed E-state index contributed by atoms with van der Waals surface area (Å²) in [6.45, 7) is 2.01. The van der Waals surface area contributed by atoms with Gasteiger partial charge >= 0.3 is 0 Å². The van der Waals surface area contributed by atoms with Gasteiger partial charge in [-0.25, -0.2) is 4.98 Å². The first-order chi connectivity index (χ1) is 12.7. The minimum Gasteiger partial charge on any atom is -0.268 e. The molecule has 0 N–H and O–H groups in total. The van der Waals surface area contributed by atoms with E-state index in [-0.39, 0.29) is 5.56 Å². The Morgan fingerprint density at radius 2 is 1.85 bits per heavy atom. The lowest BCUT2D eigenvalue weighted by atomic mass is 10.2. The highest BCUT2D eigenvalue weighted by Gasteiger charge is 2.11. The smallest absolute Gasteiger partial charge is 0.266 e. The van der Waals surface area contributed by atoms with Crippen LogP contribution in [0.5, 0.6) is 0 Å². The van der Waals surface area contributed by atoms with E-state index in [1.54, 1.807) is 17.0 Å². The van der Waals surface area contributed by atoms with Crippen LogP contribution in [0.3, 0.4) is 0 Å². The van der Waals surface area contributed by atoms with Gasteiger partial charge in [0.2, 0.25) is 0 Å². The Morgan fingerprint density at radius 3 is 2.65 bits per heavy atom. The Morgan fingerprint density at radius 1 is 0.962 bits per heavy atom. The highest BCUT2D eigenvalue weighted by molar-refractivity contribution is 5.80. The molecule has 0 atom stereocenters. The maximum absolute atomic E-state index is 13.1. The van der Waals surface area contributed by atoms with E-state index in [1.807, 2.05) is 79.7 Å². The van der Waals surface area contributed by atoms with E-state index in [4.69, 9.17) is 4.98 Å². The van der Waals surface area contributed by atoms with Gasteiger partial charge in [-0.2, -0.15) is 0 Å². The summed E-state index contributed by atoms with van der Waals surface area (Å²) in [5, 5.41) is 0.604. The monoisotopic (exact) mass is 339 g/mol.